The normalized spacial score (nSPS) is 11.9. The number of aryl methyl sites for hydroxylation is 1. The highest BCUT2D eigenvalue weighted by molar-refractivity contribution is 5.83. The van der Waals surface area contributed by atoms with Crippen LogP contribution in [0.1, 0.15) is 12.5 Å². The molecule has 0 aliphatic heterocycles. The van der Waals surface area contributed by atoms with Gasteiger partial charge in [0.15, 0.2) is 0 Å². The lowest BCUT2D eigenvalue weighted by Crippen LogP contribution is -2.35. The van der Waals surface area contributed by atoms with Gasteiger partial charge in [-0.3, -0.25) is 4.79 Å². The average molecular weight is 192 g/mol. The van der Waals surface area contributed by atoms with Crippen molar-refractivity contribution in [3.63, 3.8) is 0 Å². The topological polar surface area (TPSA) is 41.1 Å². The average Bonchev–Trinajstić information content (AvgIpc) is 2.16. The summed E-state index contributed by atoms with van der Waals surface area (Å²) < 4.78 is 0. The third kappa shape index (κ3) is 2.76. The molecular weight excluding hydrogens is 176 g/mol. The summed E-state index contributed by atoms with van der Waals surface area (Å²) in [6, 6.07) is 7.75. The van der Waals surface area contributed by atoms with Gasteiger partial charge in [0.1, 0.15) is 6.04 Å². The standard InChI is InChI=1S/C11H16N2O/c1-8-5-4-6-10(7-8)13-9(2)11(14)12-3/h4-7,9,13H,1-3H3,(H,12,14). The second-order valence-electron chi connectivity index (χ2n) is 3.35. The number of hydrogen-bond donors (Lipinski definition) is 2. The zero-order valence-electron chi connectivity index (χ0n) is 8.79. The van der Waals surface area contributed by atoms with Gasteiger partial charge in [-0.05, 0) is 31.5 Å². The van der Waals surface area contributed by atoms with Gasteiger partial charge in [0.25, 0.3) is 0 Å². The molecule has 76 valence electrons. The summed E-state index contributed by atoms with van der Waals surface area (Å²) in [5, 5.41) is 5.72. The summed E-state index contributed by atoms with van der Waals surface area (Å²) in [7, 11) is 1.64. The fourth-order valence-corrected chi connectivity index (χ4v) is 1.27. The second-order valence-corrected chi connectivity index (χ2v) is 3.35. The Morgan fingerprint density at radius 2 is 2.14 bits per heavy atom. The Kier molecular flexibility index (Phi) is 3.51. The second kappa shape index (κ2) is 4.65. The Morgan fingerprint density at radius 1 is 1.43 bits per heavy atom. The van der Waals surface area contributed by atoms with Gasteiger partial charge in [0.2, 0.25) is 5.91 Å². The van der Waals surface area contributed by atoms with E-state index in [0.29, 0.717) is 0 Å². The fourth-order valence-electron chi connectivity index (χ4n) is 1.27. The van der Waals surface area contributed by atoms with Crippen LogP contribution in [0, 0.1) is 6.92 Å². The van der Waals surface area contributed by atoms with Crippen molar-refractivity contribution in [1.29, 1.82) is 0 Å². The third-order valence-corrected chi connectivity index (χ3v) is 2.04. The Morgan fingerprint density at radius 3 is 2.71 bits per heavy atom. The van der Waals surface area contributed by atoms with E-state index >= 15 is 0 Å². The van der Waals surface area contributed by atoms with Gasteiger partial charge < -0.3 is 10.6 Å². The van der Waals surface area contributed by atoms with E-state index < -0.39 is 0 Å². The minimum atomic E-state index is -0.207. The van der Waals surface area contributed by atoms with Crippen LogP contribution in [0.25, 0.3) is 0 Å². The van der Waals surface area contributed by atoms with Gasteiger partial charge in [0.05, 0.1) is 0 Å². The molecule has 1 aromatic rings. The number of carbonyl (C=O) groups excluding carboxylic acids is 1. The maximum atomic E-state index is 11.2. The molecule has 3 heteroatoms. The number of anilines is 1. The molecule has 3 nitrogen and oxygen atoms in total. The van der Waals surface area contributed by atoms with Crippen molar-refractivity contribution < 1.29 is 4.79 Å². The monoisotopic (exact) mass is 192 g/mol. The Hall–Kier alpha value is -1.51. The van der Waals surface area contributed by atoms with E-state index in [-0.39, 0.29) is 11.9 Å². The largest absolute Gasteiger partial charge is 0.374 e. The van der Waals surface area contributed by atoms with Crippen LogP contribution in [0.5, 0.6) is 0 Å². The number of nitrogens with one attached hydrogen (secondary N) is 2. The zero-order valence-corrected chi connectivity index (χ0v) is 8.79. The SMILES string of the molecule is CNC(=O)C(C)Nc1cccc(C)c1. The van der Waals surface area contributed by atoms with Crippen LogP contribution in [0.3, 0.4) is 0 Å². The van der Waals surface area contributed by atoms with Gasteiger partial charge in [-0.25, -0.2) is 0 Å². The van der Waals surface area contributed by atoms with Gasteiger partial charge >= 0.3 is 0 Å². The predicted molar refractivity (Wildman–Crippen MR) is 58.3 cm³/mol. The lowest BCUT2D eigenvalue weighted by molar-refractivity contribution is -0.121. The van der Waals surface area contributed by atoms with Crippen LogP contribution < -0.4 is 10.6 Å². The van der Waals surface area contributed by atoms with Crippen molar-refractivity contribution in [1.82, 2.24) is 5.32 Å². The maximum absolute atomic E-state index is 11.2. The number of likely N-dealkylation sites (N-methyl/N-ethyl adjacent to an activating group) is 1. The lowest BCUT2D eigenvalue weighted by Gasteiger charge is -2.13. The summed E-state index contributed by atoms with van der Waals surface area (Å²) in [5.41, 5.74) is 2.15. The molecule has 0 saturated carbocycles. The first-order valence-electron chi connectivity index (χ1n) is 4.68. The van der Waals surface area contributed by atoms with Crippen molar-refractivity contribution in [2.45, 2.75) is 19.9 Å². The molecule has 0 radical (unpaired) electrons. The van der Waals surface area contributed by atoms with Crippen LogP contribution >= 0.6 is 0 Å². The summed E-state index contributed by atoms with van der Waals surface area (Å²) in [6.07, 6.45) is 0. The highest BCUT2D eigenvalue weighted by Gasteiger charge is 2.09. The van der Waals surface area contributed by atoms with Crippen LogP contribution in [0.15, 0.2) is 24.3 Å². The molecule has 0 aliphatic carbocycles. The first kappa shape index (κ1) is 10.6. The highest BCUT2D eigenvalue weighted by Crippen LogP contribution is 2.10. The highest BCUT2D eigenvalue weighted by atomic mass is 16.2. The molecule has 0 fully saturated rings. The Bertz CT molecular complexity index is 323. The summed E-state index contributed by atoms with van der Waals surface area (Å²) >= 11 is 0. The molecule has 2 N–H and O–H groups in total. The molecule has 0 aromatic heterocycles. The number of carbonyl (C=O) groups is 1. The van der Waals surface area contributed by atoms with Crippen molar-refractivity contribution in [3.05, 3.63) is 29.8 Å². The van der Waals surface area contributed by atoms with Crippen LogP contribution in [0.2, 0.25) is 0 Å². The van der Waals surface area contributed by atoms with E-state index in [4.69, 9.17) is 0 Å². The zero-order chi connectivity index (χ0) is 10.6. The van der Waals surface area contributed by atoms with Crippen LogP contribution in [-0.2, 0) is 4.79 Å². The van der Waals surface area contributed by atoms with E-state index in [2.05, 4.69) is 10.6 Å². The first-order chi connectivity index (χ1) is 6.63. The smallest absolute Gasteiger partial charge is 0.241 e. The molecule has 1 aromatic carbocycles. The van der Waals surface area contributed by atoms with E-state index in [1.54, 1.807) is 7.05 Å². The van der Waals surface area contributed by atoms with E-state index in [0.717, 1.165) is 5.69 Å². The molecule has 0 heterocycles. The molecule has 14 heavy (non-hydrogen) atoms. The molecule has 0 spiro atoms. The van der Waals surface area contributed by atoms with E-state index in [1.165, 1.54) is 5.56 Å². The molecule has 0 aliphatic rings. The summed E-state index contributed by atoms with van der Waals surface area (Å²) in [4.78, 5) is 11.2. The number of benzene rings is 1. The number of hydrogen-bond acceptors (Lipinski definition) is 2. The molecule has 0 saturated heterocycles. The Balaban J connectivity index is 2.64. The van der Waals surface area contributed by atoms with E-state index in [9.17, 15) is 4.79 Å². The predicted octanol–water partition coefficient (Wildman–Crippen LogP) is 1.54. The molecule has 1 rings (SSSR count). The maximum Gasteiger partial charge on any atom is 0.241 e. The van der Waals surface area contributed by atoms with Crippen molar-refractivity contribution in [2.24, 2.45) is 0 Å². The summed E-state index contributed by atoms with van der Waals surface area (Å²) in [6.45, 7) is 3.86. The summed E-state index contributed by atoms with van der Waals surface area (Å²) in [5.74, 6) is -0.00786. The van der Waals surface area contributed by atoms with Gasteiger partial charge in [-0.2, -0.15) is 0 Å². The van der Waals surface area contributed by atoms with Crippen LogP contribution in [0.4, 0.5) is 5.69 Å². The molecule has 0 bridgehead atoms. The van der Waals surface area contributed by atoms with E-state index in [1.807, 2.05) is 38.1 Å². The molecule has 1 unspecified atom stereocenters. The number of rotatable bonds is 3. The van der Waals surface area contributed by atoms with Gasteiger partial charge in [-0.1, -0.05) is 12.1 Å². The van der Waals surface area contributed by atoms with Gasteiger partial charge in [-0.15, -0.1) is 0 Å². The first-order valence-corrected chi connectivity index (χ1v) is 4.68. The fraction of sp³-hybridized carbons (Fsp3) is 0.364. The minimum Gasteiger partial charge on any atom is -0.374 e. The molecular formula is C11H16N2O. The Labute approximate surface area is 84.5 Å². The number of amides is 1. The van der Waals surface area contributed by atoms with Crippen molar-refractivity contribution in [3.8, 4) is 0 Å². The molecule has 1 atom stereocenters. The van der Waals surface area contributed by atoms with Crippen molar-refractivity contribution in [2.75, 3.05) is 12.4 Å². The van der Waals surface area contributed by atoms with Crippen molar-refractivity contribution >= 4 is 11.6 Å². The minimum absolute atomic E-state index is 0.00786. The quantitative estimate of drug-likeness (QED) is 0.762. The van der Waals surface area contributed by atoms with Crippen LogP contribution in [-0.4, -0.2) is 19.0 Å². The molecule has 1 amide bonds. The van der Waals surface area contributed by atoms with Gasteiger partial charge in [0, 0.05) is 12.7 Å². The third-order valence-electron chi connectivity index (χ3n) is 2.04. The lowest BCUT2D eigenvalue weighted by atomic mass is 10.2.